The summed E-state index contributed by atoms with van der Waals surface area (Å²) in [5, 5.41) is 8.77. The van der Waals surface area contributed by atoms with Crippen LogP contribution in [0.3, 0.4) is 0 Å². The van der Waals surface area contributed by atoms with Crippen molar-refractivity contribution in [1.29, 1.82) is 0 Å². The Morgan fingerprint density at radius 2 is 1.28 bits per heavy atom. The maximum absolute atomic E-state index is 10.7. The minimum atomic E-state index is -0.757. The number of unbranched alkanes of at least 4 members (excludes halogenated alkanes) is 8. The van der Waals surface area contributed by atoms with Crippen LogP contribution in [0.2, 0.25) is 0 Å². The van der Waals surface area contributed by atoms with Crippen molar-refractivity contribution in [1.82, 2.24) is 0 Å². The fourth-order valence-corrected chi connectivity index (χ4v) is 3.46. The molecule has 2 aromatic carbocycles. The van der Waals surface area contributed by atoms with Gasteiger partial charge in [0.05, 0.1) is 6.61 Å². The SMILES string of the molecule is CCCCCCCCCCCOc1ccc(-c2ccc(CCC(=O)O)cc2)cc1. The van der Waals surface area contributed by atoms with Crippen LogP contribution >= 0.6 is 0 Å². The molecule has 3 nitrogen and oxygen atoms in total. The van der Waals surface area contributed by atoms with E-state index in [1.54, 1.807) is 0 Å². The molecule has 0 saturated heterocycles. The highest BCUT2D eigenvalue weighted by Crippen LogP contribution is 2.23. The second-order valence-electron chi connectivity index (χ2n) is 7.79. The van der Waals surface area contributed by atoms with Gasteiger partial charge in [0.1, 0.15) is 5.75 Å². The first-order chi connectivity index (χ1) is 14.2. The average molecular weight is 397 g/mol. The molecule has 0 spiro atoms. The minimum absolute atomic E-state index is 0.171. The lowest BCUT2D eigenvalue weighted by Gasteiger charge is -2.08. The van der Waals surface area contributed by atoms with E-state index >= 15 is 0 Å². The van der Waals surface area contributed by atoms with Crippen molar-refractivity contribution < 1.29 is 14.6 Å². The summed E-state index contributed by atoms with van der Waals surface area (Å²) in [5.74, 6) is 0.165. The minimum Gasteiger partial charge on any atom is -0.494 e. The standard InChI is InChI=1S/C26H36O3/c1-2-3-4-5-6-7-8-9-10-21-29-25-18-16-24(17-19-25)23-14-11-22(12-15-23)13-20-26(27)28/h11-12,14-19H,2-10,13,20-21H2,1H3,(H,27,28). The zero-order valence-electron chi connectivity index (χ0n) is 17.9. The molecule has 3 heteroatoms. The van der Waals surface area contributed by atoms with E-state index in [-0.39, 0.29) is 6.42 Å². The van der Waals surface area contributed by atoms with Crippen LogP contribution < -0.4 is 4.74 Å². The van der Waals surface area contributed by atoms with E-state index in [4.69, 9.17) is 9.84 Å². The van der Waals surface area contributed by atoms with Crippen molar-refractivity contribution in [2.24, 2.45) is 0 Å². The highest BCUT2D eigenvalue weighted by Gasteiger charge is 2.02. The number of aliphatic carboxylic acids is 1. The Morgan fingerprint density at radius 3 is 1.83 bits per heavy atom. The first-order valence-electron chi connectivity index (χ1n) is 11.2. The Labute approximate surface area is 176 Å². The van der Waals surface area contributed by atoms with Crippen LogP contribution in [0, 0.1) is 0 Å². The van der Waals surface area contributed by atoms with Crippen molar-refractivity contribution in [2.75, 3.05) is 6.61 Å². The Morgan fingerprint density at radius 1 is 0.759 bits per heavy atom. The van der Waals surface area contributed by atoms with Crippen LogP contribution in [-0.4, -0.2) is 17.7 Å². The van der Waals surface area contributed by atoms with Gasteiger partial charge >= 0.3 is 5.97 Å². The third-order valence-electron chi connectivity index (χ3n) is 5.29. The molecule has 0 aromatic heterocycles. The molecule has 0 fully saturated rings. The zero-order valence-corrected chi connectivity index (χ0v) is 17.9. The van der Waals surface area contributed by atoms with Gasteiger partial charge in [-0.05, 0) is 41.7 Å². The highest BCUT2D eigenvalue weighted by molar-refractivity contribution is 5.67. The fraction of sp³-hybridized carbons (Fsp3) is 0.500. The number of carboxylic acids is 1. The Bertz CT molecular complexity index is 689. The van der Waals surface area contributed by atoms with E-state index in [1.807, 2.05) is 24.3 Å². The van der Waals surface area contributed by atoms with Crippen LogP contribution in [0.25, 0.3) is 11.1 Å². The number of aryl methyl sites for hydroxylation is 1. The molecule has 0 unspecified atom stereocenters. The zero-order chi connectivity index (χ0) is 20.7. The molecule has 158 valence electrons. The molecular formula is C26H36O3. The number of ether oxygens (including phenoxy) is 1. The second kappa shape index (κ2) is 13.8. The molecular weight excluding hydrogens is 360 g/mol. The van der Waals surface area contributed by atoms with Crippen LogP contribution in [0.1, 0.15) is 76.7 Å². The van der Waals surface area contributed by atoms with Crippen LogP contribution in [0.5, 0.6) is 5.75 Å². The largest absolute Gasteiger partial charge is 0.494 e. The normalized spacial score (nSPS) is 10.8. The van der Waals surface area contributed by atoms with Gasteiger partial charge in [-0.25, -0.2) is 0 Å². The monoisotopic (exact) mass is 396 g/mol. The Balaban J connectivity index is 1.64. The summed E-state index contributed by atoms with van der Waals surface area (Å²) >= 11 is 0. The fourth-order valence-electron chi connectivity index (χ4n) is 3.46. The first kappa shape index (κ1) is 23.0. The Hall–Kier alpha value is -2.29. The molecule has 2 rings (SSSR count). The molecule has 0 aliphatic carbocycles. The van der Waals surface area contributed by atoms with Crippen LogP contribution in [-0.2, 0) is 11.2 Å². The van der Waals surface area contributed by atoms with Crippen molar-refractivity contribution in [3.05, 3.63) is 54.1 Å². The van der Waals surface area contributed by atoms with Gasteiger partial charge in [0, 0.05) is 6.42 Å². The second-order valence-corrected chi connectivity index (χ2v) is 7.79. The summed E-state index contributed by atoms with van der Waals surface area (Å²) in [6, 6.07) is 16.3. The Kier molecular flexibility index (Phi) is 11.0. The van der Waals surface area contributed by atoms with Crippen LogP contribution in [0.15, 0.2) is 48.5 Å². The van der Waals surface area contributed by atoms with Gasteiger partial charge in [-0.2, -0.15) is 0 Å². The number of rotatable bonds is 15. The summed E-state index contributed by atoms with van der Waals surface area (Å²) in [7, 11) is 0. The topological polar surface area (TPSA) is 46.5 Å². The van der Waals surface area contributed by atoms with Crippen LogP contribution in [0.4, 0.5) is 0 Å². The summed E-state index contributed by atoms with van der Waals surface area (Å²) in [6.07, 6.45) is 12.6. The van der Waals surface area contributed by atoms with E-state index < -0.39 is 5.97 Å². The van der Waals surface area contributed by atoms with Gasteiger partial charge in [-0.15, -0.1) is 0 Å². The smallest absolute Gasteiger partial charge is 0.303 e. The van der Waals surface area contributed by atoms with E-state index in [1.165, 1.54) is 51.4 Å². The number of hydrogen-bond acceptors (Lipinski definition) is 2. The first-order valence-corrected chi connectivity index (χ1v) is 11.2. The van der Waals surface area contributed by atoms with Gasteiger partial charge in [-0.3, -0.25) is 4.79 Å². The van der Waals surface area contributed by atoms with Crippen molar-refractivity contribution in [3.8, 4) is 16.9 Å². The molecule has 29 heavy (non-hydrogen) atoms. The third-order valence-corrected chi connectivity index (χ3v) is 5.29. The third kappa shape index (κ3) is 9.65. The lowest BCUT2D eigenvalue weighted by Crippen LogP contribution is -1.97. The lowest BCUT2D eigenvalue weighted by molar-refractivity contribution is -0.136. The van der Waals surface area contributed by atoms with Gasteiger partial charge in [0.15, 0.2) is 0 Å². The quantitative estimate of drug-likeness (QED) is 0.322. The summed E-state index contributed by atoms with van der Waals surface area (Å²) in [5.41, 5.74) is 3.33. The predicted octanol–water partition coefficient (Wildman–Crippen LogP) is 7.28. The number of hydrogen-bond donors (Lipinski definition) is 1. The maximum Gasteiger partial charge on any atom is 0.303 e. The molecule has 0 amide bonds. The van der Waals surface area contributed by atoms with Gasteiger partial charge in [-0.1, -0.05) is 94.7 Å². The molecule has 0 saturated carbocycles. The highest BCUT2D eigenvalue weighted by atomic mass is 16.5. The number of carboxylic acid groups (broad SMARTS) is 1. The molecule has 0 aliphatic rings. The van der Waals surface area contributed by atoms with E-state index in [9.17, 15) is 4.79 Å². The van der Waals surface area contributed by atoms with Gasteiger partial charge in [0.2, 0.25) is 0 Å². The lowest BCUT2D eigenvalue weighted by atomic mass is 10.0. The van der Waals surface area contributed by atoms with Crippen molar-refractivity contribution in [3.63, 3.8) is 0 Å². The van der Waals surface area contributed by atoms with E-state index in [2.05, 4.69) is 31.2 Å². The van der Waals surface area contributed by atoms with E-state index in [0.717, 1.165) is 35.5 Å². The molecule has 2 aromatic rings. The van der Waals surface area contributed by atoms with Crippen molar-refractivity contribution >= 4 is 5.97 Å². The molecule has 0 heterocycles. The van der Waals surface area contributed by atoms with Crippen molar-refractivity contribution in [2.45, 2.75) is 77.6 Å². The summed E-state index contributed by atoms with van der Waals surface area (Å²) < 4.78 is 5.87. The molecule has 1 N–H and O–H groups in total. The van der Waals surface area contributed by atoms with Gasteiger partial charge < -0.3 is 9.84 Å². The summed E-state index contributed by atoms with van der Waals surface area (Å²) in [4.78, 5) is 10.7. The predicted molar refractivity (Wildman–Crippen MR) is 121 cm³/mol. The molecule has 0 aliphatic heterocycles. The molecule has 0 bridgehead atoms. The van der Waals surface area contributed by atoms with E-state index in [0.29, 0.717) is 6.42 Å². The summed E-state index contributed by atoms with van der Waals surface area (Å²) in [6.45, 7) is 3.05. The maximum atomic E-state index is 10.7. The number of carbonyl (C=O) groups is 1. The number of benzene rings is 2. The average Bonchev–Trinajstić information content (AvgIpc) is 2.74. The van der Waals surface area contributed by atoms with Gasteiger partial charge in [0.25, 0.3) is 0 Å². The molecule has 0 atom stereocenters. The molecule has 0 radical (unpaired) electrons.